The smallest absolute Gasteiger partial charge is 0.256 e. The van der Waals surface area contributed by atoms with Gasteiger partial charge < -0.3 is 9.73 Å². The average Bonchev–Trinajstić information content (AvgIpc) is 3.51. The van der Waals surface area contributed by atoms with Gasteiger partial charge in [0.2, 0.25) is 11.8 Å². The Bertz CT molecular complexity index is 1370. The van der Waals surface area contributed by atoms with Gasteiger partial charge in [-0.15, -0.1) is 10.2 Å². The lowest BCUT2D eigenvalue weighted by molar-refractivity contribution is 0.102. The first kappa shape index (κ1) is 19.4. The Kier molecular flexibility index (Phi) is 5.05. The number of para-hydroxylation sites is 1. The number of anilines is 1. The molecule has 5 rings (SSSR count). The maximum Gasteiger partial charge on any atom is 0.256 e. The summed E-state index contributed by atoms with van der Waals surface area (Å²) in [6, 6.07) is 24.7. The molecule has 2 heterocycles. The van der Waals surface area contributed by atoms with Gasteiger partial charge >= 0.3 is 0 Å². The van der Waals surface area contributed by atoms with Gasteiger partial charge in [0.05, 0.1) is 23.8 Å². The number of nitrogens with zero attached hydrogens (tertiary/aromatic N) is 4. The van der Waals surface area contributed by atoms with Crippen molar-refractivity contribution in [2.75, 3.05) is 5.32 Å². The van der Waals surface area contributed by atoms with Crippen molar-refractivity contribution in [1.29, 1.82) is 0 Å². The first-order valence-corrected chi connectivity index (χ1v) is 10.1. The molecule has 0 aliphatic rings. The minimum absolute atomic E-state index is 0.236. The van der Waals surface area contributed by atoms with Crippen LogP contribution in [-0.4, -0.2) is 25.9 Å². The molecule has 32 heavy (non-hydrogen) atoms. The van der Waals surface area contributed by atoms with Gasteiger partial charge in [-0.3, -0.25) is 4.79 Å². The fraction of sp³-hybridized carbons (Fsp3) is 0.0400. The average molecular weight is 421 g/mol. The molecule has 0 saturated carbocycles. The molecule has 7 nitrogen and oxygen atoms in total. The highest BCUT2D eigenvalue weighted by atomic mass is 16.4. The third-order valence-corrected chi connectivity index (χ3v) is 5.04. The van der Waals surface area contributed by atoms with Crippen molar-refractivity contribution in [3.8, 4) is 28.6 Å². The monoisotopic (exact) mass is 421 g/mol. The number of benzene rings is 3. The maximum atomic E-state index is 13.0. The van der Waals surface area contributed by atoms with E-state index in [2.05, 4.69) is 20.6 Å². The molecule has 5 aromatic rings. The maximum absolute atomic E-state index is 13.0. The van der Waals surface area contributed by atoms with Gasteiger partial charge in [0.15, 0.2) is 0 Å². The van der Waals surface area contributed by atoms with E-state index in [0.29, 0.717) is 28.6 Å². The SMILES string of the molecule is Cc1ccc(-c2nnc(-c3ccccc3)o2)cc1C(=O)Nc1cnn(-c2ccccc2)c1. The Morgan fingerprint density at radius 3 is 2.31 bits per heavy atom. The highest BCUT2D eigenvalue weighted by Gasteiger charge is 2.16. The van der Waals surface area contributed by atoms with Gasteiger partial charge in [0, 0.05) is 16.7 Å². The Hall–Kier alpha value is -4.52. The normalized spacial score (nSPS) is 10.8. The van der Waals surface area contributed by atoms with Crippen LogP contribution in [0.15, 0.2) is 95.7 Å². The number of hydrogen-bond acceptors (Lipinski definition) is 5. The molecular weight excluding hydrogens is 402 g/mol. The molecule has 1 amide bonds. The van der Waals surface area contributed by atoms with Gasteiger partial charge in [-0.25, -0.2) is 4.68 Å². The number of carbonyl (C=O) groups excluding carboxylic acids is 1. The van der Waals surface area contributed by atoms with Crippen LogP contribution in [-0.2, 0) is 0 Å². The summed E-state index contributed by atoms with van der Waals surface area (Å²) in [4.78, 5) is 13.0. The summed E-state index contributed by atoms with van der Waals surface area (Å²) in [6.45, 7) is 1.88. The zero-order valence-electron chi connectivity index (χ0n) is 17.3. The van der Waals surface area contributed by atoms with E-state index in [1.807, 2.05) is 79.7 Å². The van der Waals surface area contributed by atoms with Crippen LogP contribution in [0.25, 0.3) is 28.6 Å². The molecule has 1 N–H and O–H groups in total. The van der Waals surface area contributed by atoms with E-state index >= 15 is 0 Å². The lowest BCUT2D eigenvalue weighted by atomic mass is 10.0. The van der Waals surface area contributed by atoms with Gasteiger partial charge in [0.25, 0.3) is 5.91 Å². The van der Waals surface area contributed by atoms with Crippen molar-refractivity contribution in [2.45, 2.75) is 6.92 Å². The van der Waals surface area contributed by atoms with E-state index in [9.17, 15) is 4.79 Å². The summed E-state index contributed by atoms with van der Waals surface area (Å²) in [5.74, 6) is 0.551. The molecule has 0 atom stereocenters. The molecule has 0 aliphatic carbocycles. The number of carbonyl (C=O) groups is 1. The van der Waals surface area contributed by atoms with Crippen LogP contribution in [0.4, 0.5) is 5.69 Å². The van der Waals surface area contributed by atoms with E-state index < -0.39 is 0 Å². The third-order valence-electron chi connectivity index (χ3n) is 5.04. The second-order valence-corrected chi connectivity index (χ2v) is 7.27. The zero-order valence-corrected chi connectivity index (χ0v) is 17.3. The van der Waals surface area contributed by atoms with Gasteiger partial charge in [-0.2, -0.15) is 5.10 Å². The van der Waals surface area contributed by atoms with Crippen molar-refractivity contribution in [3.05, 3.63) is 102 Å². The standard InChI is InChI=1S/C25H19N5O2/c1-17-12-13-19(25-29-28-24(32-25)18-8-4-2-5-9-18)14-22(17)23(31)27-20-15-26-30(16-20)21-10-6-3-7-11-21/h2-16H,1H3,(H,27,31). The number of nitrogens with one attached hydrogen (secondary N) is 1. The molecule has 0 radical (unpaired) electrons. The Morgan fingerprint density at radius 2 is 1.56 bits per heavy atom. The molecule has 0 unspecified atom stereocenters. The van der Waals surface area contributed by atoms with E-state index in [0.717, 1.165) is 16.8 Å². The quantitative estimate of drug-likeness (QED) is 0.424. The summed E-state index contributed by atoms with van der Waals surface area (Å²) in [5, 5.41) is 15.5. The first-order chi connectivity index (χ1) is 15.7. The second-order valence-electron chi connectivity index (χ2n) is 7.27. The largest absolute Gasteiger partial charge is 0.416 e. The Balaban J connectivity index is 1.38. The zero-order chi connectivity index (χ0) is 21.9. The predicted octanol–water partition coefficient (Wildman–Crippen LogP) is 5.15. The Labute approximate surface area is 184 Å². The molecule has 0 bridgehead atoms. The number of aryl methyl sites for hydroxylation is 1. The molecule has 156 valence electrons. The molecule has 0 spiro atoms. The van der Waals surface area contributed by atoms with Crippen molar-refractivity contribution in [1.82, 2.24) is 20.0 Å². The van der Waals surface area contributed by atoms with Gasteiger partial charge in [-0.05, 0) is 48.9 Å². The summed E-state index contributed by atoms with van der Waals surface area (Å²) in [5.41, 5.74) is 4.39. The van der Waals surface area contributed by atoms with E-state index in [-0.39, 0.29) is 5.91 Å². The predicted molar refractivity (Wildman–Crippen MR) is 121 cm³/mol. The third kappa shape index (κ3) is 3.91. The highest BCUT2D eigenvalue weighted by Crippen LogP contribution is 2.26. The minimum atomic E-state index is -0.236. The molecule has 3 aromatic carbocycles. The minimum Gasteiger partial charge on any atom is -0.416 e. The van der Waals surface area contributed by atoms with Crippen molar-refractivity contribution < 1.29 is 9.21 Å². The fourth-order valence-electron chi connectivity index (χ4n) is 3.34. The molecule has 0 aliphatic heterocycles. The van der Waals surface area contributed by atoms with Gasteiger partial charge in [0.1, 0.15) is 0 Å². The lowest BCUT2D eigenvalue weighted by Gasteiger charge is -2.07. The van der Waals surface area contributed by atoms with Crippen molar-refractivity contribution >= 4 is 11.6 Å². The van der Waals surface area contributed by atoms with Crippen LogP contribution in [0, 0.1) is 6.92 Å². The molecular formula is C25H19N5O2. The van der Waals surface area contributed by atoms with E-state index in [1.165, 1.54) is 0 Å². The lowest BCUT2D eigenvalue weighted by Crippen LogP contribution is -2.13. The molecule has 0 fully saturated rings. The van der Waals surface area contributed by atoms with Crippen molar-refractivity contribution in [3.63, 3.8) is 0 Å². The van der Waals surface area contributed by atoms with Gasteiger partial charge in [-0.1, -0.05) is 42.5 Å². The van der Waals surface area contributed by atoms with Crippen LogP contribution in [0.2, 0.25) is 0 Å². The topological polar surface area (TPSA) is 85.8 Å². The number of aromatic nitrogens is 4. The highest BCUT2D eigenvalue weighted by molar-refractivity contribution is 6.05. The summed E-state index contributed by atoms with van der Waals surface area (Å²) in [7, 11) is 0. The molecule has 7 heteroatoms. The van der Waals surface area contributed by atoms with Crippen LogP contribution >= 0.6 is 0 Å². The van der Waals surface area contributed by atoms with E-state index in [4.69, 9.17) is 4.42 Å². The first-order valence-electron chi connectivity index (χ1n) is 10.1. The van der Waals surface area contributed by atoms with Crippen molar-refractivity contribution in [2.24, 2.45) is 0 Å². The number of hydrogen-bond donors (Lipinski definition) is 1. The molecule has 2 aromatic heterocycles. The summed E-state index contributed by atoms with van der Waals surface area (Å²) < 4.78 is 7.54. The summed E-state index contributed by atoms with van der Waals surface area (Å²) in [6.07, 6.45) is 3.39. The van der Waals surface area contributed by atoms with E-state index in [1.54, 1.807) is 23.1 Å². The molecule has 0 saturated heterocycles. The number of rotatable bonds is 5. The van der Waals surface area contributed by atoms with Crippen LogP contribution in [0.1, 0.15) is 15.9 Å². The second kappa shape index (κ2) is 8.31. The fourth-order valence-corrected chi connectivity index (χ4v) is 3.34. The van der Waals surface area contributed by atoms with Crippen LogP contribution < -0.4 is 5.32 Å². The number of amides is 1. The Morgan fingerprint density at radius 1 is 0.875 bits per heavy atom. The van der Waals surface area contributed by atoms with Crippen LogP contribution in [0.3, 0.4) is 0 Å². The summed E-state index contributed by atoms with van der Waals surface area (Å²) >= 11 is 0. The van der Waals surface area contributed by atoms with Crippen LogP contribution in [0.5, 0.6) is 0 Å².